The third-order valence-electron chi connectivity index (χ3n) is 8.96. The van der Waals surface area contributed by atoms with Gasteiger partial charge in [0.1, 0.15) is 24.7 Å². The highest BCUT2D eigenvalue weighted by molar-refractivity contribution is 6.04. The predicted octanol–water partition coefficient (Wildman–Crippen LogP) is 6.88. The third-order valence-corrected chi connectivity index (χ3v) is 8.96. The van der Waals surface area contributed by atoms with Crippen molar-refractivity contribution in [3.8, 4) is 11.5 Å². The minimum Gasteiger partial charge on any atom is -0.489 e. The number of carbonyl (C=O) groups excluding carboxylic acids is 3. The van der Waals surface area contributed by atoms with Crippen molar-refractivity contribution >= 4 is 44.9 Å². The first kappa shape index (κ1) is 34.2. The molecule has 0 bridgehead atoms. The number of carbonyl (C=O) groups is 3. The highest BCUT2D eigenvalue weighted by Gasteiger charge is 2.50. The van der Waals surface area contributed by atoms with Gasteiger partial charge in [-0.05, 0) is 70.3 Å². The molecule has 5 aromatic carbocycles. The lowest BCUT2D eigenvalue weighted by Crippen LogP contribution is -2.56. The summed E-state index contributed by atoms with van der Waals surface area (Å²) in [6, 6.07) is 34.7. The number of rotatable bonds is 14. The number of oxime groups is 1. The SMILES string of the molecule is CC[C@H](NC(=O)C1(COc2ccccc2)CC([C@@H](NC(=O)c2ccc3ccccc3c2)C(C)C)=NO1)C(=O)COc1ccc2ccccc2c1. The maximum Gasteiger partial charge on any atom is 0.271 e. The van der Waals surface area contributed by atoms with Gasteiger partial charge in [-0.25, -0.2) is 0 Å². The Morgan fingerprint density at radius 1 is 0.760 bits per heavy atom. The summed E-state index contributed by atoms with van der Waals surface area (Å²) in [5, 5.41) is 14.4. The number of benzene rings is 5. The fourth-order valence-electron chi connectivity index (χ4n) is 6.05. The second kappa shape index (κ2) is 15.2. The first-order valence-electron chi connectivity index (χ1n) is 16.9. The number of nitrogens with one attached hydrogen (secondary N) is 2. The molecular weight excluding hydrogens is 630 g/mol. The van der Waals surface area contributed by atoms with E-state index in [0.29, 0.717) is 29.2 Å². The van der Waals surface area contributed by atoms with Crippen LogP contribution in [0.2, 0.25) is 0 Å². The zero-order valence-corrected chi connectivity index (χ0v) is 28.4. The number of Topliss-reactive ketones (excluding diaryl/α,β-unsaturated/α-hetero) is 1. The van der Waals surface area contributed by atoms with Crippen molar-refractivity contribution in [2.45, 2.75) is 51.3 Å². The van der Waals surface area contributed by atoms with Crippen LogP contribution in [-0.2, 0) is 14.4 Å². The van der Waals surface area contributed by atoms with Crippen molar-refractivity contribution in [3.05, 3.63) is 121 Å². The summed E-state index contributed by atoms with van der Waals surface area (Å²) in [6.45, 7) is 5.37. The van der Waals surface area contributed by atoms with E-state index in [4.69, 9.17) is 14.3 Å². The topological polar surface area (TPSA) is 115 Å². The number of para-hydroxylation sites is 1. The first-order chi connectivity index (χ1) is 24.2. The fraction of sp³-hybridized carbons (Fsp3) is 0.268. The van der Waals surface area contributed by atoms with Gasteiger partial charge in [-0.3, -0.25) is 14.4 Å². The number of amides is 2. The number of ketones is 1. The van der Waals surface area contributed by atoms with Crippen molar-refractivity contribution in [2.24, 2.45) is 11.1 Å². The molecule has 6 rings (SSSR count). The Labute approximate surface area is 291 Å². The van der Waals surface area contributed by atoms with Gasteiger partial charge in [0.15, 0.2) is 5.78 Å². The van der Waals surface area contributed by atoms with Crippen LogP contribution in [0.25, 0.3) is 21.5 Å². The van der Waals surface area contributed by atoms with E-state index in [1.54, 1.807) is 18.2 Å². The monoisotopic (exact) mass is 671 g/mol. The molecule has 50 heavy (non-hydrogen) atoms. The molecule has 1 aliphatic heterocycles. The first-order valence-corrected chi connectivity index (χ1v) is 16.9. The molecule has 0 fully saturated rings. The van der Waals surface area contributed by atoms with Gasteiger partial charge in [-0.1, -0.05) is 105 Å². The Morgan fingerprint density at radius 2 is 1.40 bits per heavy atom. The van der Waals surface area contributed by atoms with E-state index in [1.807, 2.05) is 118 Å². The van der Waals surface area contributed by atoms with E-state index in [2.05, 4.69) is 15.8 Å². The van der Waals surface area contributed by atoms with Crippen molar-refractivity contribution in [2.75, 3.05) is 13.2 Å². The summed E-state index contributed by atoms with van der Waals surface area (Å²) in [7, 11) is 0. The average Bonchev–Trinajstić information content (AvgIpc) is 3.59. The lowest BCUT2D eigenvalue weighted by molar-refractivity contribution is -0.150. The number of ether oxygens (including phenoxy) is 2. The van der Waals surface area contributed by atoms with Crippen molar-refractivity contribution < 1.29 is 28.7 Å². The highest BCUT2D eigenvalue weighted by Crippen LogP contribution is 2.30. The van der Waals surface area contributed by atoms with Gasteiger partial charge in [0.25, 0.3) is 17.4 Å². The number of hydrogen-bond donors (Lipinski definition) is 2. The quantitative estimate of drug-likeness (QED) is 0.133. The fourth-order valence-corrected chi connectivity index (χ4v) is 6.05. The lowest BCUT2D eigenvalue weighted by Gasteiger charge is -2.28. The Hall–Kier alpha value is -5.70. The van der Waals surface area contributed by atoms with E-state index in [-0.39, 0.29) is 37.2 Å². The molecule has 0 aromatic heterocycles. The second-order valence-electron chi connectivity index (χ2n) is 12.9. The molecule has 1 heterocycles. The number of nitrogens with zero attached hydrogens (tertiary/aromatic N) is 1. The van der Waals surface area contributed by atoms with Crippen molar-refractivity contribution in [3.63, 3.8) is 0 Å². The molecule has 9 nitrogen and oxygen atoms in total. The summed E-state index contributed by atoms with van der Waals surface area (Å²) in [5.41, 5.74) is -0.570. The van der Waals surface area contributed by atoms with E-state index in [1.165, 1.54) is 0 Å². The van der Waals surface area contributed by atoms with Gasteiger partial charge >= 0.3 is 0 Å². The minimum absolute atomic E-state index is 0.0464. The molecule has 0 saturated carbocycles. The van der Waals surface area contributed by atoms with E-state index < -0.39 is 23.6 Å². The smallest absolute Gasteiger partial charge is 0.271 e. The van der Waals surface area contributed by atoms with Gasteiger partial charge in [-0.15, -0.1) is 0 Å². The van der Waals surface area contributed by atoms with Gasteiger partial charge in [0.2, 0.25) is 0 Å². The lowest BCUT2D eigenvalue weighted by atomic mass is 9.89. The molecule has 2 amide bonds. The van der Waals surface area contributed by atoms with Gasteiger partial charge in [0.05, 0.1) is 17.8 Å². The van der Waals surface area contributed by atoms with Crippen LogP contribution in [0.15, 0.2) is 120 Å². The standard InChI is InChI=1S/C41H41N3O6/c1-4-35(37(45)25-48-34-21-20-29-13-9-11-15-31(29)23-34)42-40(47)41(26-49-33-16-6-5-7-17-33)24-36(44-50-41)38(27(2)3)43-39(46)32-19-18-28-12-8-10-14-30(28)22-32/h5-23,27,35,38H,4,24-26H2,1-3H3,(H,42,47)(H,43,46)/t35-,38-,41?/m0/s1. The van der Waals surface area contributed by atoms with Crippen molar-refractivity contribution in [1.82, 2.24) is 10.6 Å². The van der Waals surface area contributed by atoms with Gasteiger partial charge in [0, 0.05) is 12.0 Å². The summed E-state index contributed by atoms with van der Waals surface area (Å²) in [4.78, 5) is 46.9. The molecule has 5 aromatic rings. The van der Waals surface area contributed by atoms with Crippen LogP contribution in [0.1, 0.15) is 44.0 Å². The van der Waals surface area contributed by atoms with Crippen LogP contribution in [-0.4, -0.2) is 54.2 Å². The highest BCUT2D eigenvalue weighted by atomic mass is 16.7. The molecule has 0 radical (unpaired) electrons. The van der Waals surface area contributed by atoms with Crippen LogP contribution in [0.5, 0.6) is 11.5 Å². The number of fused-ring (bicyclic) bond motifs is 2. The van der Waals surface area contributed by atoms with E-state index in [9.17, 15) is 14.4 Å². The van der Waals surface area contributed by atoms with E-state index >= 15 is 0 Å². The molecule has 3 atom stereocenters. The Kier molecular flexibility index (Phi) is 10.4. The van der Waals surface area contributed by atoms with Crippen molar-refractivity contribution in [1.29, 1.82) is 0 Å². The van der Waals surface area contributed by atoms with Crippen LogP contribution >= 0.6 is 0 Å². The van der Waals surface area contributed by atoms with Crippen LogP contribution < -0.4 is 20.1 Å². The molecule has 9 heteroatoms. The molecule has 0 aliphatic carbocycles. The zero-order valence-electron chi connectivity index (χ0n) is 28.4. The Morgan fingerprint density at radius 3 is 2.08 bits per heavy atom. The molecule has 256 valence electrons. The zero-order chi connectivity index (χ0) is 35.1. The maximum atomic E-state index is 14.1. The number of hydrogen-bond acceptors (Lipinski definition) is 7. The Bertz CT molecular complexity index is 2030. The summed E-state index contributed by atoms with van der Waals surface area (Å²) < 4.78 is 11.9. The minimum atomic E-state index is -1.58. The summed E-state index contributed by atoms with van der Waals surface area (Å²) >= 11 is 0. The van der Waals surface area contributed by atoms with Crippen LogP contribution in [0, 0.1) is 5.92 Å². The maximum absolute atomic E-state index is 14.1. The largest absolute Gasteiger partial charge is 0.489 e. The second-order valence-corrected chi connectivity index (χ2v) is 12.9. The predicted molar refractivity (Wildman–Crippen MR) is 195 cm³/mol. The molecule has 0 spiro atoms. The average molecular weight is 672 g/mol. The molecule has 1 unspecified atom stereocenters. The van der Waals surface area contributed by atoms with Crippen LogP contribution in [0.3, 0.4) is 0 Å². The van der Waals surface area contributed by atoms with Crippen LogP contribution in [0.4, 0.5) is 0 Å². The molecule has 0 saturated heterocycles. The molecular formula is C41H41N3O6. The summed E-state index contributed by atoms with van der Waals surface area (Å²) in [6.07, 6.45) is 0.385. The molecule has 1 aliphatic rings. The third kappa shape index (κ3) is 7.78. The van der Waals surface area contributed by atoms with Gasteiger partial charge in [-0.2, -0.15) is 0 Å². The van der Waals surface area contributed by atoms with E-state index in [0.717, 1.165) is 21.5 Å². The summed E-state index contributed by atoms with van der Waals surface area (Å²) in [5.74, 6) is -0.0470. The molecule has 2 N–H and O–H groups in total. The Balaban J connectivity index is 1.16. The normalized spacial score (nSPS) is 16.7. The van der Waals surface area contributed by atoms with Gasteiger partial charge < -0.3 is 24.9 Å².